The lowest BCUT2D eigenvalue weighted by atomic mass is 9.62. The van der Waals surface area contributed by atoms with E-state index in [1.165, 1.54) is 37.8 Å². The van der Waals surface area contributed by atoms with E-state index in [1.54, 1.807) is 24.5 Å². The summed E-state index contributed by atoms with van der Waals surface area (Å²) in [5.41, 5.74) is 10.3. The van der Waals surface area contributed by atoms with Crippen LogP contribution in [-0.2, 0) is 27.1 Å². The Hall–Kier alpha value is -7.29. The van der Waals surface area contributed by atoms with E-state index in [-0.39, 0.29) is 59.6 Å². The van der Waals surface area contributed by atoms with Gasteiger partial charge in [0.25, 0.3) is 0 Å². The first kappa shape index (κ1) is 52.7. The summed E-state index contributed by atoms with van der Waals surface area (Å²) in [6.45, 7) is 3.68. The number of carbonyl (C=O) groups is 1. The molecule has 17 nitrogen and oxygen atoms in total. The molecule has 7 heterocycles. The Kier molecular flexibility index (Phi) is 16.1. The van der Waals surface area contributed by atoms with E-state index in [1.807, 2.05) is 36.5 Å². The van der Waals surface area contributed by atoms with Crippen LogP contribution in [0.3, 0.4) is 0 Å². The number of aromatic hydroxyl groups is 3. The maximum atomic E-state index is 12.7. The van der Waals surface area contributed by atoms with Gasteiger partial charge in [-0.3, -0.25) is 14.8 Å². The number of aromatic nitrogens is 3. The van der Waals surface area contributed by atoms with Crippen molar-refractivity contribution >= 4 is 22.8 Å². The SMILES string of the molecule is CC(=O)O[C@H]1C[C@@H](c2cc(O)c(O)c(OCCc3cccnc3)c2)O[C@@H]([C@@H]2CC#C[C@H]3[C@@H](CCC[C@@]34NC(=NCCCC3=CCNC(N)=C3)N[C@@H](n3cc5cc[nH]c5c3)[C@H]4CNC3CCCCC3)Oc3cc(ccc3O)C2)C1. The summed E-state index contributed by atoms with van der Waals surface area (Å²) in [4.78, 5) is 25.6. The van der Waals surface area contributed by atoms with Crippen LogP contribution >= 0.6 is 0 Å². The number of benzene rings is 2. The van der Waals surface area contributed by atoms with Crippen LogP contribution in [0.25, 0.3) is 10.9 Å². The number of aromatic amines is 1. The van der Waals surface area contributed by atoms with Gasteiger partial charge in [-0.2, -0.15) is 0 Å². The third kappa shape index (κ3) is 12.0. The lowest BCUT2D eigenvalue weighted by Gasteiger charge is -2.56. The number of carbonyl (C=O) groups excluding carboxylic acids is 1. The Bertz CT molecular complexity index is 3030. The third-order valence-electron chi connectivity index (χ3n) is 16.9. The van der Waals surface area contributed by atoms with Crippen LogP contribution < -0.4 is 36.5 Å². The highest BCUT2D eigenvalue weighted by Crippen LogP contribution is 2.48. The van der Waals surface area contributed by atoms with Gasteiger partial charge in [-0.1, -0.05) is 43.4 Å². The number of fused-ring (bicyclic) bond motifs is 5. The van der Waals surface area contributed by atoms with Crippen LogP contribution in [0.2, 0.25) is 0 Å². The van der Waals surface area contributed by atoms with Gasteiger partial charge in [0, 0.05) is 106 Å². The normalized spacial score (nSPS) is 27.8. The zero-order chi connectivity index (χ0) is 53.6. The molecule has 6 aliphatic rings. The number of nitrogens with two attached hydrogens (primary N) is 1. The molecule has 5 aromatic rings. The van der Waals surface area contributed by atoms with Gasteiger partial charge in [-0.25, -0.2) is 0 Å². The number of ether oxygens (including phenoxy) is 4. The number of dihydropyridines is 1. The van der Waals surface area contributed by atoms with Crippen molar-refractivity contribution in [2.75, 3.05) is 26.2 Å². The van der Waals surface area contributed by atoms with E-state index < -0.39 is 29.8 Å². The van der Waals surface area contributed by atoms with Crippen molar-refractivity contribution in [2.24, 2.45) is 28.5 Å². The second kappa shape index (κ2) is 23.8. The molecular formula is C61H75N9O8. The van der Waals surface area contributed by atoms with E-state index in [0.717, 1.165) is 86.0 Å². The highest BCUT2D eigenvalue weighted by Gasteiger charge is 2.57. The Balaban J connectivity index is 0.946. The fraction of sp³-hybridized carbons (Fsp3) is 0.492. The van der Waals surface area contributed by atoms with Crippen molar-refractivity contribution in [2.45, 2.75) is 145 Å². The summed E-state index contributed by atoms with van der Waals surface area (Å²) in [5, 5.41) is 50.1. The number of nitrogens with one attached hydrogen (secondary N) is 5. The number of pyridine rings is 1. The van der Waals surface area contributed by atoms with Crippen LogP contribution in [0.4, 0.5) is 0 Å². The van der Waals surface area contributed by atoms with Gasteiger partial charge in [0.15, 0.2) is 29.0 Å². The molecule has 2 aromatic carbocycles. The highest BCUT2D eigenvalue weighted by atomic mass is 16.6. The number of allylic oxidation sites excluding steroid dienone is 2. The van der Waals surface area contributed by atoms with Crippen LogP contribution in [0.15, 0.2) is 108 Å². The molecule has 2 saturated heterocycles. The van der Waals surface area contributed by atoms with E-state index in [4.69, 9.17) is 29.7 Å². The molecule has 2 saturated carbocycles. The molecule has 10 N–H and O–H groups in total. The summed E-state index contributed by atoms with van der Waals surface area (Å²) in [5.74, 6) is 7.97. The maximum absolute atomic E-state index is 12.7. The van der Waals surface area contributed by atoms with Crippen LogP contribution in [0.1, 0.15) is 119 Å². The minimum Gasteiger partial charge on any atom is -0.504 e. The Morgan fingerprint density at radius 1 is 1.03 bits per heavy atom. The predicted molar refractivity (Wildman–Crippen MR) is 298 cm³/mol. The smallest absolute Gasteiger partial charge is 0.302 e. The van der Waals surface area contributed by atoms with Crippen molar-refractivity contribution in [3.8, 4) is 40.6 Å². The van der Waals surface area contributed by atoms with Gasteiger partial charge in [0.2, 0.25) is 5.75 Å². The Morgan fingerprint density at radius 2 is 1.92 bits per heavy atom. The van der Waals surface area contributed by atoms with E-state index >= 15 is 0 Å². The van der Waals surface area contributed by atoms with Gasteiger partial charge in [-0.05, 0) is 116 Å². The molecule has 2 bridgehead atoms. The number of phenols is 3. The average Bonchev–Trinajstić information content (AvgIpc) is 4.18. The lowest BCUT2D eigenvalue weighted by molar-refractivity contribution is -0.164. The number of nitrogens with zero attached hydrogens (tertiary/aromatic N) is 3. The summed E-state index contributed by atoms with van der Waals surface area (Å²) in [7, 11) is 0. The van der Waals surface area contributed by atoms with E-state index in [0.29, 0.717) is 61.8 Å². The lowest BCUT2D eigenvalue weighted by Crippen LogP contribution is -2.73. The first-order chi connectivity index (χ1) is 38.0. The van der Waals surface area contributed by atoms with Gasteiger partial charge >= 0.3 is 5.97 Å². The van der Waals surface area contributed by atoms with Crippen LogP contribution in [0, 0.1) is 29.6 Å². The molecule has 4 fully saturated rings. The zero-order valence-electron chi connectivity index (χ0n) is 44.6. The minimum atomic E-state index is -0.651. The second-order valence-corrected chi connectivity index (χ2v) is 22.3. The highest BCUT2D eigenvalue weighted by molar-refractivity contribution is 5.83. The number of hydrogen-bond donors (Lipinski definition) is 9. The summed E-state index contributed by atoms with van der Waals surface area (Å²) in [6, 6.07) is 15.1. The van der Waals surface area contributed by atoms with E-state index in [9.17, 15) is 20.1 Å². The molecular weight excluding hydrogens is 987 g/mol. The molecule has 4 aliphatic heterocycles. The first-order valence-corrected chi connectivity index (χ1v) is 28.3. The minimum absolute atomic E-state index is 0.0488. The number of aliphatic imine (C=N–C) groups is 1. The molecule has 0 unspecified atom stereocenters. The standard InChI is InChI=1S/C61H75N9O8/c1-38(71)76-46-32-53(78-54(33-46)44-30-51(73)58(74)56(31-44)75-26-20-40-10-7-22-63-34-40)42-11-5-14-47-52(77-55-28-41(27-42)16-17-50(55)72)15-6-21-61(47)48(35-67-45-12-3-2-4-13-45)59(70-36-43-19-25-64-49(43)37-70)68-60(69-61)66-23-8-9-39-18-24-65-57(62)29-39/h7,10,16-19,22,25,28-31,34,36-37,42,45-48,52-54,59,64-65,67,72-74H,2-4,6,8-9,11-13,15,20-21,23-24,26-27,32-33,35,62H2,1H3,(H2,66,68,69)/t42-,46-,47+,48-,52-,53-,54+,59+,61-/m1/s1. The van der Waals surface area contributed by atoms with Gasteiger partial charge < -0.3 is 70.8 Å². The third-order valence-corrected chi connectivity index (χ3v) is 16.9. The molecule has 3 aromatic heterocycles. The molecule has 78 heavy (non-hydrogen) atoms. The summed E-state index contributed by atoms with van der Waals surface area (Å²) < 4.78 is 28.6. The van der Waals surface area contributed by atoms with Crippen molar-refractivity contribution < 1.29 is 39.1 Å². The number of H-pyrrole nitrogens is 1. The van der Waals surface area contributed by atoms with Crippen LogP contribution in [0.5, 0.6) is 28.7 Å². The summed E-state index contributed by atoms with van der Waals surface area (Å²) in [6.07, 6.45) is 24.2. The number of phenolic OH excluding ortho intramolecular Hbond substituents is 3. The fourth-order valence-electron chi connectivity index (χ4n) is 13.1. The quantitative estimate of drug-likeness (QED) is 0.0208. The molecule has 0 radical (unpaired) electrons. The molecule has 0 amide bonds. The first-order valence-electron chi connectivity index (χ1n) is 28.3. The Morgan fingerprint density at radius 3 is 2.76 bits per heavy atom. The monoisotopic (exact) mass is 1060 g/mol. The van der Waals surface area contributed by atoms with Crippen molar-refractivity contribution in [3.05, 3.63) is 120 Å². The van der Waals surface area contributed by atoms with Gasteiger partial charge in [0.1, 0.15) is 18.4 Å². The molecule has 11 rings (SSSR count). The number of rotatable bonds is 15. The molecule has 17 heteroatoms. The van der Waals surface area contributed by atoms with Gasteiger partial charge in [-0.15, -0.1) is 5.92 Å². The molecule has 2 aliphatic carbocycles. The van der Waals surface area contributed by atoms with Gasteiger partial charge in [0.05, 0.1) is 41.6 Å². The predicted octanol–water partition coefficient (Wildman–Crippen LogP) is 8.20. The fourth-order valence-corrected chi connectivity index (χ4v) is 13.1. The number of esters is 1. The van der Waals surface area contributed by atoms with Crippen LogP contribution in [-0.4, -0.2) is 97.9 Å². The average molecular weight is 1060 g/mol. The number of guanidine groups is 1. The maximum Gasteiger partial charge on any atom is 0.302 e. The van der Waals surface area contributed by atoms with Crippen molar-refractivity contribution in [1.82, 2.24) is 35.8 Å². The zero-order valence-corrected chi connectivity index (χ0v) is 44.6. The largest absolute Gasteiger partial charge is 0.504 e. The summed E-state index contributed by atoms with van der Waals surface area (Å²) >= 11 is 0. The molecule has 412 valence electrons. The second-order valence-electron chi connectivity index (χ2n) is 22.3. The molecule has 1 spiro atoms. The topological polar surface area (TPSA) is 235 Å². The van der Waals surface area contributed by atoms with E-state index in [2.05, 4.69) is 72.2 Å². The molecule has 9 atom stereocenters. The Labute approximate surface area is 456 Å². The van der Waals surface area contributed by atoms with Crippen molar-refractivity contribution in [3.63, 3.8) is 0 Å². The number of hydrogen-bond acceptors (Lipinski definition) is 13. The van der Waals surface area contributed by atoms with Crippen molar-refractivity contribution in [1.29, 1.82) is 0 Å².